The maximum absolute atomic E-state index is 5.32. The van der Waals surface area contributed by atoms with Crippen molar-refractivity contribution in [3.05, 3.63) is 4.77 Å². The molecule has 0 radical (unpaired) electrons. The van der Waals surface area contributed by atoms with Crippen LogP contribution in [0.4, 0.5) is 5.95 Å². The summed E-state index contributed by atoms with van der Waals surface area (Å²) in [6.07, 6.45) is 0. The SMILES string of the molecule is CCOCCN(CC)c1n[nH]c(=S)n1C. The molecule has 1 heterocycles. The standard InChI is InChI=1S/C9H18N4OS/c1-4-13(6-7-14-5-2)8-10-11-9(15)12(8)3/h4-7H2,1-3H3,(H,11,15). The molecule has 0 fully saturated rings. The number of hydrogen-bond donors (Lipinski definition) is 1. The average Bonchev–Trinajstić information content (AvgIpc) is 2.56. The molecule has 0 aliphatic heterocycles. The molecule has 1 N–H and O–H groups in total. The van der Waals surface area contributed by atoms with E-state index in [1.165, 1.54) is 0 Å². The van der Waals surface area contributed by atoms with E-state index in [0.29, 0.717) is 11.4 Å². The molecule has 6 heteroatoms. The van der Waals surface area contributed by atoms with E-state index in [1.54, 1.807) is 0 Å². The van der Waals surface area contributed by atoms with Gasteiger partial charge in [-0.15, -0.1) is 5.10 Å². The van der Waals surface area contributed by atoms with Gasteiger partial charge in [0, 0.05) is 26.7 Å². The second kappa shape index (κ2) is 5.87. The van der Waals surface area contributed by atoms with Gasteiger partial charge in [-0.05, 0) is 26.1 Å². The van der Waals surface area contributed by atoms with Gasteiger partial charge in [0.25, 0.3) is 0 Å². The zero-order valence-corrected chi connectivity index (χ0v) is 10.3. The van der Waals surface area contributed by atoms with Gasteiger partial charge in [-0.1, -0.05) is 0 Å². The van der Waals surface area contributed by atoms with E-state index >= 15 is 0 Å². The minimum atomic E-state index is 0.639. The Morgan fingerprint density at radius 2 is 2.27 bits per heavy atom. The first-order valence-electron chi connectivity index (χ1n) is 5.14. The van der Waals surface area contributed by atoms with Gasteiger partial charge in [-0.2, -0.15) is 0 Å². The summed E-state index contributed by atoms with van der Waals surface area (Å²) in [5.41, 5.74) is 0. The molecule has 0 saturated heterocycles. The van der Waals surface area contributed by atoms with E-state index in [1.807, 2.05) is 18.5 Å². The second-order valence-corrected chi connectivity index (χ2v) is 3.55. The molecule has 5 nitrogen and oxygen atoms in total. The number of nitrogens with one attached hydrogen (secondary N) is 1. The number of nitrogens with zero attached hydrogens (tertiary/aromatic N) is 3. The zero-order chi connectivity index (χ0) is 11.3. The Labute approximate surface area is 95.0 Å². The summed E-state index contributed by atoms with van der Waals surface area (Å²) in [5.74, 6) is 0.863. The van der Waals surface area contributed by atoms with Crippen LogP contribution < -0.4 is 4.90 Å². The van der Waals surface area contributed by atoms with Crippen molar-refractivity contribution in [2.45, 2.75) is 13.8 Å². The Hall–Kier alpha value is -0.880. The fourth-order valence-electron chi connectivity index (χ4n) is 1.34. The van der Waals surface area contributed by atoms with Crippen molar-refractivity contribution in [3.8, 4) is 0 Å². The monoisotopic (exact) mass is 230 g/mol. The second-order valence-electron chi connectivity index (χ2n) is 3.16. The maximum atomic E-state index is 5.32. The highest BCUT2D eigenvalue weighted by molar-refractivity contribution is 7.71. The molecule has 0 atom stereocenters. The van der Waals surface area contributed by atoms with Crippen molar-refractivity contribution in [2.24, 2.45) is 7.05 Å². The molecule has 0 amide bonds. The Morgan fingerprint density at radius 3 is 2.73 bits per heavy atom. The van der Waals surface area contributed by atoms with Crippen LogP contribution in [0.3, 0.4) is 0 Å². The van der Waals surface area contributed by atoms with Crippen LogP contribution in [-0.2, 0) is 11.8 Å². The molecule has 1 aromatic heterocycles. The van der Waals surface area contributed by atoms with Crippen LogP contribution in [-0.4, -0.2) is 41.1 Å². The lowest BCUT2D eigenvalue weighted by Gasteiger charge is -2.20. The van der Waals surface area contributed by atoms with Gasteiger partial charge in [-0.3, -0.25) is 4.57 Å². The van der Waals surface area contributed by atoms with Gasteiger partial charge in [0.15, 0.2) is 4.77 Å². The number of anilines is 1. The highest BCUT2D eigenvalue weighted by Crippen LogP contribution is 2.08. The third-order valence-electron chi connectivity index (χ3n) is 2.23. The van der Waals surface area contributed by atoms with E-state index in [4.69, 9.17) is 17.0 Å². The predicted molar refractivity (Wildman–Crippen MR) is 62.8 cm³/mol. The lowest BCUT2D eigenvalue weighted by molar-refractivity contribution is 0.153. The van der Waals surface area contributed by atoms with Crippen molar-refractivity contribution in [2.75, 3.05) is 31.2 Å². The number of aromatic amines is 1. The van der Waals surface area contributed by atoms with E-state index in [0.717, 1.165) is 25.6 Å². The summed E-state index contributed by atoms with van der Waals surface area (Å²) >= 11 is 5.06. The number of rotatable bonds is 6. The Morgan fingerprint density at radius 1 is 1.53 bits per heavy atom. The normalized spacial score (nSPS) is 10.6. The number of aromatic nitrogens is 3. The molecule has 0 aliphatic rings. The van der Waals surface area contributed by atoms with Crippen molar-refractivity contribution in [1.29, 1.82) is 0 Å². The van der Waals surface area contributed by atoms with Crippen LogP contribution in [0.2, 0.25) is 0 Å². The third-order valence-corrected chi connectivity index (χ3v) is 2.60. The zero-order valence-electron chi connectivity index (χ0n) is 9.49. The molecule has 15 heavy (non-hydrogen) atoms. The fourth-order valence-corrected chi connectivity index (χ4v) is 1.47. The summed E-state index contributed by atoms with van der Waals surface area (Å²) in [4.78, 5) is 2.13. The summed E-state index contributed by atoms with van der Waals surface area (Å²) in [6, 6.07) is 0. The summed E-state index contributed by atoms with van der Waals surface area (Å²) in [6.45, 7) is 7.26. The molecule has 1 aromatic rings. The minimum Gasteiger partial charge on any atom is -0.380 e. The maximum Gasteiger partial charge on any atom is 0.225 e. The van der Waals surface area contributed by atoms with Gasteiger partial charge in [0.05, 0.1) is 6.61 Å². The lowest BCUT2D eigenvalue weighted by atomic mass is 10.5. The smallest absolute Gasteiger partial charge is 0.225 e. The van der Waals surface area contributed by atoms with Crippen LogP contribution in [0.15, 0.2) is 0 Å². The van der Waals surface area contributed by atoms with E-state index < -0.39 is 0 Å². The molecule has 0 bridgehead atoms. The number of likely N-dealkylation sites (N-methyl/N-ethyl adjacent to an activating group) is 1. The minimum absolute atomic E-state index is 0.639. The van der Waals surface area contributed by atoms with E-state index in [2.05, 4.69) is 22.0 Å². The van der Waals surface area contributed by atoms with Gasteiger partial charge in [-0.25, -0.2) is 5.10 Å². The highest BCUT2D eigenvalue weighted by atomic mass is 32.1. The fraction of sp³-hybridized carbons (Fsp3) is 0.778. The molecule has 0 aliphatic carbocycles. The average molecular weight is 230 g/mol. The van der Waals surface area contributed by atoms with Crippen LogP contribution in [0.5, 0.6) is 0 Å². The Bertz CT molecular complexity index is 346. The molecule has 86 valence electrons. The van der Waals surface area contributed by atoms with Gasteiger partial charge in [0.2, 0.25) is 5.95 Å². The Kier molecular flexibility index (Phi) is 4.77. The van der Waals surface area contributed by atoms with Gasteiger partial charge < -0.3 is 9.64 Å². The van der Waals surface area contributed by atoms with Crippen molar-refractivity contribution in [3.63, 3.8) is 0 Å². The summed E-state index contributed by atoms with van der Waals surface area (Å²) < 4.78 is 7.82. The highest BCUT2D eigenvalue weighted by Gasteiger charge is 2.09. The largest absolute Gasteiger partial charge is 0.380 e. The number of ether oxygens (including phenoxy) is 1. The van der Waals surface area contributed by atoms with E-state index in [-0.39, 0.29) is 0 Å². The first-order chi connectivity index (χ1) is 7.20. The molecule has 1 rings (SSSR count). The molecular formula is C9H18N4OS. The molecule has 0 aromatic carbocycles. The van der Waals surface area contributed by atoms with Crippen molar-refractivity contribution in [1.82, 2.24) is 14.8 Å². The summed E-state index contributed by atoms with van der Waals surface area (Å²) in [5, 5.41) is 6.96. The quantitative estimate of drug-likeness (QED) is 0.592. The Balaban J connectivity index is 2.66. The molecular weight excluding hydrogens is 212 g/mol. The van der Waals surface area contributed by atoms with Crippen LogP contribution in [0.1, 0.15) is 13.8 Å². The third kappa shape index (κ3) is 3.04. The topological polar surface area (TPSA) is 46.1 Å². The predicted octanol–water partition coefficient (Wildman–Crippen LogP) is 1.34. The number of H-pyrrole nitrogens is 1. The summed E-state index contributed by atoms with van der Waals surface area (Å²) in [7, 11) is 1.91. The molecule has 0 saturated carbocycles. The number of hydrogen-bond acceptors (Lipinski definition) is 4. The first-order valence-corrected chi connectivity index (χ1v) is 5.55. The lowest BCUT2D eigenvalue weighted by Crippen LogP contribution is -2.29. The van der Waals surface area contributed by atoms with Gasteiger partial charge >= 0.3 is 0 Å². The van der Waals surface area contributed by atoms with Gasteiger partial charge in [0.1, 0.15) is 0 Å². The molecule has 0 unspecified atom stereocenters. The van der Waals surface area contributed by atoms with Crippen LogP contribution in [0, 0.1) is 4.77 Å². The molecule has 0 spiro atoms. The van der Waals surface area contributed by atoms with Crippen LogP contribution >= 0.6 is 12.2 Å². The first kappa shape index (κ1) is 12.2. The van der Waals surface area contributed by atoms with E-state index in [9.17, 15) is 0 Å². The van der Waals surface area contributed by atoms with Crippen LogP contribution in [0.25, 0.3) is 0 Å². The van der Waals surface area contributed by atoms with Crippen molar-refractivity contribution >= 4 is 18.2 Å². The van der Waals surface area contributed by atoms with Crippen molar-refractivity contribution < 1.29 is 4.74 Å².